The van der Waals surface area contributed by atoms with E-state index in [0.29, 0.717) is 6.04 Å². The number of hydrogen-bond donors (Lipinski definition) is 1. The second-order valence-electron chi connectivity index (χ2n) is 6.46. The maximum absolute atomic E-state index is 9.58. The van der Waals surface area contributed by atoms with E-state index < -0.39 is 0 Å². The molecule has 0 bridgehead atoms. The molecular weight excluding hydrogens is 310 g/mol. The molecule has 1 aliphatic heterocycles. The molecule has 0 radical (unpaired) electrons. The fourth-order valence-electron chi connectivity index (χ4n) is 3.12. The lowest BCUT2D eigenvalue weighted by molar-refractivity contribution is 0.0417. The van der Waals surface area contributed by atoms with Gasteiger partial charge >= 0.3 is 0 Å². The average molecular weight is 335 g/mol. The third-order valence-corrected chi connectivity index (χ3v) is 5.07. The molecule has 2 aromatic rings. The van der Waals surface area contributed by atoms with E-state index in [-0.39, 0.29) is 6.10 Å². The van der Waals surface area contributed by atoms with Gasteiger partial charge in [-0.2, -0.15) is 11.3 Å². The molecule has 0 unspecified atom stereocenters. The lowest BCUT2D eigenvalue weighted by Gasteiger charge is -2.40. The number of thiophene rings is 1. The number of oxazole rings is 1. The Labute approximate surface area is 141 Å². The van der Waals surface area contributed by atoms with Gasteiger partial charge in [0.1, 0.15) is 5.76 Å². The van der Waals surface area contributed by atoms with E-state index in [4.69, 9.17) is 4.42 Å². The van der Waals surface area contributed by atoms with Crippen molar-refractivity contribution < 1.29 is 9.52 Å². The minimum Gasteiger partial charge on any atom is -0.441 e. The average Bonchev–Trinajstić information content (AvgIpc) is 3.12. The summed E-state index contributed by atoms with van der Waals surface area (Å²) >= 11 is 1.65. The Kier molecular flexibility index (Phi) is 5.16. The normalized spacial score (nSPS) is 21.7. The Morgan fingerprint density at radius 1 is 1.48 bits per heavy atom. The minimum absolute atomic E-state index is 0.269. The zero-order chi connectivity index (χ0) is 16.4. The Morgan fingerprint density at radius 3 is 2.96 bits per heavy atom. The van der Waals surface area contributed by atoms with E-state index in [1.54, 1.807) is 11.3 Å². The van der Waals surface area contributed by atoms with Crippen LogP contribution in [0.4, 0.5) is 0 Å². The number of piperazine rings is 1. The molecule has 0 aromatic carbocycles. The molecule has 3 heterocycles. The van der Waals surface area contributed by atoms with Crippen LogP contribution in [0.3, 0.4) is 0 Å². The van der Waals surface area contributed by atoms with Gasteiger partial charge in [0.05, 0.1) is 11.8 Å². The number of nitrogens with zero attached hydrogens (tertiary/aromatic N) is 3. The number of β-amino-alcohol motifs (C(OH)–C–C–N with tert-alkyl or cyclic N) is 1. The van der Waals surface area contributed by atoms with Crippen LogP contribution in [0.1, 0.15) is 25.3 Å². The quantitative estimate of drug-likeness (QED) is 0.910. The van der Waals surface area contributed by atoms with Crippen molar-refractivity contribution in [1.82, 2.24) is 14.8 Å². The van der Waals surface area contributed by atoms with E-state index in [1.165, 1.54) is 0 Å². The van der Waals surface area contributed by atoms with E-state index in [9.17, 15) is 5.11 Å². The molecule has 2 atom stereocenters. The van der Waals surface area contributed by atoms with Crippen LogP contribution < -0.4 is 0 Å². The van der Waals surface area contributed by atoms with Gasteiger partial charge in [-0.1, -0.05) is 0 Å². The second-order valence-corrected chi connectivity index (χ2v) is 7.24. The van der Waals surface area contributed by atoms with Gasteiger partial charge in [0, 0.05) is 49.7 Å². The molecule has 5 nitrogen and oxygen atoms in total. The molecule has 1 fully saturated rings. The summed E-state index contributed by atoms with van der Waals surface area (Å²) in [4.78, 5) is 9.46. The summed E-state index contributed by atoms with van der Waals surface area (Å²) in [6.45, 7) is 10.6. The molecule has 0 amide bonds. The van der Waals surface area contributed by atoms with Crippen molar-refractivity contribution in [2.45, 2.75) is 39.5 Å². The van der Waals surface area contributed by atoms with E-state index in [1.807, 2.05) is 25.3 Å². The van der Waals surface area contributed by atoms with E-state index in [0.717, 1.165) is 55.6 Å². The summed E-state index contributed by atoms with van der Waals surface area (Å²) < 4.78 is 5.83. The minimum atomic E-state index is -0.269. The standard InChI is InChI=1S/C17H25N3O2S/c1-12-8-19(5-6-20(12)9-13(2)21)10-16-14(3)22-17(18-16)15-4-7-23-11-15/h4,7,11-13,21H,5-6,8-10H2,1-3H3/t12-,13-/m0/s1. The van der Waals surface area contributed by atoms with Crippen molar-refractivity contribution in [2.24, 2.45) is 0 Å². The van der Waals surface area contributed by atoms with Crippen molar-refractivity contribution in [3.8, 4) is 11.5 Å². The molecule has 126 valence electrons. The molecule has 2 aromatic heterocycles. The summed E-state index contributed by atoms with van der Waals surface area (Å²) in [6.07, 6.45) is -0.269. The SMILES string of the molecule is Cc1oc(-c2ccsc2)nc1CN1CCN(C[C@H](C)O)[C@@H](C)C1. The molecule has 1 aliphatic rings. The van der Waals surface area contributed by atoms with Crippen LogP contribution in [-0.4, -0.2) is 58.2 Å². The molecular formula is C17H25N3O2S. The lowest BCUT2D eigenvalue weighted by atomic mass is 10.1. The van der Waals surface area contributed by atoms with Gasteiger partial charge in [0.15, 0.2) is 0 Å². The fraction of sp³-hybridized carbons (Fsp3) is 0.588. The number of aromatic nitrogens is 1. The molecule has 23 heavy (non-hydrogen) atoms. The molecule has 0 aliphatic carbocycles. The lowest BCUT2D eigenvalue weighted by Crippen LogP contribution is -2.53. The van der Waals surface area contributed by atoms with Crippen LogP contribution in [-0.2, 0) is 6.54 Å². The molecule has 1 saturated heterocycles. The number of hydrogen-bond acceptors (Lipinski definition) is 6. The monoisotopic (exact) mass is 335 g/mol. The Bertz CT molecular complexity index is 624. The first-order valence-corrected chi connectivity index (χ1v) is 9.10. The largest absolute Gasteiger partial charge is 0.441 e. The van der Waals surface area contributed by atoms with Crippen LogP contribution in [0, 0.1) is 6.92 Å². The highest BCUT2D eigenvalue weighted by molar-refractivity contribution is 7.08. The predicted octanol–water partition coefficient (Wildman–Crippen LogP) is 2.60. The number of aryl methyl sites for hydroxylation is 1. The zero-order valence-electron chi connectivity index (χ0n) is 14.0. The smallest absolute Gasteiger partial charge is 0.227 e. The van der Waals surface area contributed by atoms with Crippen molar-refractivity contribution in [3.63, 3.8) is 0 Å². The van der Waals surface area contributed by atoms with Gasteiger partial charge in [0.25, 0.3) is 0 Å². The third kappa shape index (κ3) is 4.01. The topological polar surface area (TPSA) is 52.7 Å². The third-order valence-electron chi connectivity index (χ3n) is 4.38. The first-order valence-electron chi connectivity index (χ1n) is 8.16. The van der Waals surface area contributed by atoms with Crippen LogP contribution in [0.5, 0.6) is 0 Å². The van der Waals surface area contributed by atoms with Crippen LogP contribution in [0.25, 0.3) is 11.5 Å². The molecule has 6 heteroatoms. The second kappa shape index (κ2) is 7.13. The van der Waals surface area contributed by atoms with Gasteiger partial charge in [0.2, 0.25) is 5.89 Å². The fourth-order valence-corrected chi connectivity index (χ4v) is 3.75. The summed E-state index contributed by atoms with van der Waals surface area (Å²) in [5.74, 6) is 1.63. The Hall–Kier alpha value is -1.21. The van der Waals surface area contributed by atoms with Crippen molar-refractivity contribution >= 4 is 11.3 Å². The van der Waals surface area contributed by atoms with E-state index in [2.05, 4.69) is 27.1 Å². The number of aliphatic hydroxyl groups excluding tert-OH is 1. The number of aliphatic hydroxyl groups is 1. The highest BCUT2D eigenvalue weighted by Crippen LogP contribution is 2.25. The van der Waals surface area contributed by atoms with Crippen molar-refractivity contribution in [2.75, 3.05) is 26.2 Å². The number of rotatable bonds is 5. The predicted molar refractivity (Wildman–Crippen MR) is 92.5 cm³/mol. The van der Waals surface area contributed by atoms with Gasteiger partial charge in [-0.3, -0.25) is 9.80 Å². The summed E-state index contributed by atoms with van der Waals surface area (Å²) in [5.41, 5.74) is 2.09. The van der Waals surface area contributed by atoms with Gasteiger partial charge < -0.3 is 9.52 Å². The molecule has 1 N–H and O–H groups in total. The van der Waals surface area contributed by atoms with E-state index >= 15 is 0 Å². The van der Waals surface area contributed by atoms with Crippen LogP contribution in [0.2, 0.25) is 0 Å². The van der Waals surface area contributed by atoms with Crippen LogP contribution in [0.15, 0.2) is 21.2 Å². The molecule has 3 rings (SSSR count). The highest BCUT2D eigenvalue weighted by Gasteiger charge is 2.25. The summed E-state index contributed by atoms with van der Waals surface area (Å²) in [5, 5.41) is 13.7. The Morgan fingerprint density at radius 2 is 2.30 bits per heavy atom. The Balaban J connectivity index is 1.62. The molecule has 0 saturated carbocycles. The van der Waals surface area contributed by atoms with Gasteiger partial charge in [-0.05, 0) is 32.2 Å². The summed E-state index contributed by atoms with van der Waals surface area (Å²) in [7, 11) is 0. The van der Waals surface area contributed by atoms with Crippen molar-refractivity contribution in [1.29, 1.82) is 0 Å². The van der Waals surface area contributed by atoms with Crippen molar-refractivity contribution in [3.05, 3.63) is 28.3 Å². The highest BCUT2D eigenvalue weighted by atomic mass is 32.1. The molecule has 0 spiro atoms. The van der Waals surface area contributed by atoms with Gasteiger partial charge in [-0.25, -0.2) is 4.98 Å². The first kappa shape index (κ1) is 16.6. The summed E-state index contributed by atoms with van der Waals surface area (Å²) in [6, 6.07) is 2.48. The zero-order valence-corrected chi connectivity index (χ0v) is 14.8. The maximum atomic E-state index is 9.58. The first-order chi connectivity index (χ1) is 11.0. The maximum Gasteiger partial charge on any atom is 0.227 e. The van der Waals surface area contributed by atoms with Crippen LogP contribution >= 0.6 is 11.3 Å². The van der Waals surface area contributed by atoms with Gasteiger partial charge in [-0.15, -0.1) is 0 Å².